The maximum absolute atomic E-state index is 8.91. The Kier molecular flexibility index (Phi) is 4.67. The van der Waals surface area contributed by atoms with Crippen molar-refractivity contribution in [3.8, 4) is 0 Å². The Labute approximate surface area is 54.9 Å². The SMILES string of the molecule is CC[C@@H](O)[C@H](O)CCO. The second-order valence-electron chi connectivity index (χ2n) is 2.06. The Morgan fingerprint density at radius 1 is 1.22 bits per heavy atom. The quantitative estimate of drug-likeness (QED) is 0.486. The second kappa shape index (κ2) is 4.73. The van der Waals surface area contributed by atoms with Gasteiger partial charge in [0.25, 0.3) is 0 Å². The molecule has 3 heteroatoms. The van der Waals surface area contributed by atoms with Gasteiger partial charge in [0.2, 0.25) is 0 Å². The first-order valence-corrected chi connectivity index (χ1v) is 3.19. The third-order valence-electron chi connectivity index (χ3n) is 1.29. The highest BCUT2D eigenvalue weighted by molar-refractivity contribution is 4.63. The lowest BCUT2D eigenvalue weighted by Gasteiger charge is -2.13. The van der Waals surface area contributed by atoms with Crippen LogP contribution in [0.2, 0.25) is 0 Å². The van der Waals surface area contributed by atoms with Gasteiger partial charge in [-0.3, -0.25) is 0 Å². The number of hydrogen-bond donors (Lipinski definition) is 3. The van der Waals surface area contributed by atoms with Gasteiger partial charge in [-0.25, -0.2) is 0 Å². The Balaban J connectivity index is 3.32. The van der Waals surface area contributed by atoms with Crippen molar-refractivity contribution in [2.75, 3.05) is 6.61 Å². The molecule has 0 aromatic carbocycles. The molecule has 3 nitrogen and oxygen atoms in total. The standard InChI is InChI=1S/C6H14O3/c1-2-5(8)6(9)3-4-7/h5-9H,2-4H2,1H3/t5-,6-/m1/s1. The van der Waals surface area contributed by atoms with Gasteiger partial charge in [0.15, 0.2) is 0 Å². The minimum atomic E-state index is -0.764. The van der Waals surface area contributed by atoms with E-state index >= 15 is 0 Å². The third kappa shape index (κ3) is 3.46. The van der Waals surface area contributed by atoms with Gasteiger partial charge in [-0.05, 0) is 12.8 Å². The average Bonchev–Trinajstić information content (AvgIpc) is 1.87. The molecule has 2 atom stereocenters. The number of hydrogen-bond acceptors (Lipinski definition) is 3. The Morgan fingerprint density at radius 2 is 1.78 bits per heavy atom. The van der Waals surface area contributed by atoms with Crippen LogP contribution >= 0.6 is 0 Å². The lowest BCUT2D eigenvalue weighted by molar-refractivity contribution is 0.00382. The fourth-order valence-corrected chi connectivity index (χ4v) is 0.597. The van der Waals surface area contributed by atoms with Crippen LogP contribution in [0.5, 0.6) is 0 Å². The molecule has 3 N–H and O–H groups in total. The van der Waals surface area contributed by atoms with Crippen LogP contribution in [0.1, 0.15) is 19.8 Å². The van der Waals surface area contributed by atoms with Crippen LogP contribution in [-0.2, 0) is 0 Å². The van der Waals surface area contributed by atoms with Crippen LogP contribution in [0, 0.1) is 0 Å². The van der Waals surface area contributed by atoms with Gasteiger partial charge in [-0.1, -0.05) is 6.92 Å². The van der Waals surface area contributed by atoms with E-state index in [9.17, 15) is 0 Å². The topological polar surface area (TPSA) is 60.7 Å². The molecule has 0 heterocycles. The highest BCUT2D eigenvalue weighted by Gasteiger charge is 2.11. The van der Waals surface area contributed by atoms with Gasteiger partial charge in [0.1, 0.15) is 0 Å². The van der Waals surface area contributed by atoms with E-state index in [0.29, 0.717) is 6.42 Å². The molecule has 0 aromatic heterocycles. The summed E-state index contributed by atoms with van der Waals surface area (Å²) in [7, 11) is 0. The van der Waals surface area contributed by atoms with Crippen LogP contribution in [0.15, 0.2) is 0 Å². The van der Waals surface area contributed by atoms with Gasteiger partial charge in [0, 0.05) is 6.61 Å². The Hall–Kier alpha value is -0.120. The number of aliphatic hydroxyl groups excluding tert-OH is 3. The summed E-state index contributed by atoms with van der Waals surface area (Å²) in [6.45, 7) is 1.71. The van der Waals surface area contributed by atoms with Crippen LogP contribution < -0.4 is 0 Å². The molecule has 0 saturated heterocycles. The first kappa shape index (κ1) is 8.88. The second-order valence-corrected chi connectivity index (χ2v) is 2.06. The zero-order chi connectivity index (χ0) is 7.28. The molecule has 0 aliphatic rings. The molecule has 0 spiro atoms. The van der Waals surface area contributed by atoms with Crippen molar-refractivity contribution in [2.24, 2.45) is 0 Å². The molecule has 56 valence electrons. The number of rotatable bonds is 4. The summed E-state index contributed by atoms with van der Waals surface area (Å²) in [5.41, 5.74) is 0. The molecule has 0 unspecified atom stereocenters. The first-order chi connectivity index (χ1) is 4.22. The van der Waals surface area contributed by atoms with Gasteiger partial charge in [-0.2, -0.15) is 0 Å². The van der Waals surface area contributed by atoms with Crippen LogP contribution in [0.4, 0.5) is 0 Å². The largest absolute Gasteiger partial charge is 0.396 e. The summed E-state index contributed by atoms with van der Waals surface area (Å²) >= 11 is 0. The fraction of sp³-hybridized carbons (Fsp3) is 1.00. The third-order valence-corrected chi connectivity index (χ3v) is 1.29. The van der Waals surface area contributed by atoms with E-state index in [0.717, 1.165) is 0 Å². The monoisotopic (exact) mass is 134 g/mol. The summed E-state index contributed by atoms with van der Waals surface area (Å²) < 4.78 is 0. The van der Waals surface area contributed by atoms with E-state index in [1.54, 1.807) is 6.92 Å². The minimum absolute atomic E-state index is 0.0712. The lowest BCUT2D eigenvalue weighted by atomic mass is 10.1. The van der Waals surface area contributed by atoms with E-state index < -0.39 is 12.2 Å². The van der Waals surface area contributed by atoms with E-state index in [1.807, 2.05) is 0 Å². The first-order valence-electron chi connectivity index (χ1n) is 3.19. The maximum Gasteiger partial charge on any atom is 0.0820 e. The lowest BCUT2D eigenvalue weighted by Crippen LogP contribution is -2.25. The molecule has 0 aliphatic carbocycles. The van der Waals surface area contributed by atoms with E-state index in [1.165, 1.54) is 0 Å². The van der Waals surface area contributed by atoms with Crippen LogP contribution in [-0.4, -0.2) is 34.1 Å². The molecule has 0 radical (unpaired) electrons. The van der Waals surface area contributed by atoms with E-state index in [2.05, 4.69) is 0 Å². The van der Waals surface area contributed by atoms with Crippen LogP contribution in [0.25, 0.3) is 0 Å². The zero-order valence-corrected chi connectivity index (χ0v) is 5.62. The van der Waals surface area contributed by atoms with E-state index in [4.69, 9.17) is 15.3 Å². The van der Waals surface area contributed by atoms with Crippen molar-refractivity contribution < 1.29 is 15.3 Å². The summed E-state index contributed by atoms with van der Waals surface area (Å²) in [5.74, 6) is 0. The molecule has 0 bridgehead atoms. The zero-order valence-electron chi connectivity index (χ0n) is 5.62. The molecule has 9 heavy (non-hydrogen) atoms. The van der Waals surface area contributed by atoms with Crippen molar-refractivity contribution in [3.05, 3.63) is 0 Å². The number of aliphatic hydroxyl groups is 3. The van der Waals surface area contributed by atoms with Crippen molar-refractivity contribution in [2.45, 2.75) is 32.0 Å². The van der Waals surface area contributed by atoms with Gasteiger partial charge in [0.05, 0.1) is 12.2 Å². The average molecular weight is 134 g/mol. The molecule has 0 aliphatic heterocycles. The van der Waals surface area contributed by atoms with Crippen molar-refractivity contribution >= 4 is 0 Å². The summed E-state index contributed by atoms with van der Waals surface area (Å²) in [6, 6.07) is 0. The normalized spacial score (nSPS) is 17.3. The van der Waals surface area contributed by atoms with Crippen LogP contribution in [0.3, 0.4) is 0 Å². The van der Waals surface area contributed by atoms with E-state index in [-0.39, 0.29) is 13.0 Å². The highest BCUT2D eigenvalue weighted by Crippen LogP contribution is 2.00. The molecule has 0 rings (SSSR count). The summed E-state index contributed by atoms with van der Waals surface area (Å²) in [6.07, 6.45) is -0.659. The van der Waals surface area contributed by atoms with Gasteiger partial charge < -0.3 is 15.3 Å². The minimum Gasteiger partial charge on any atom is -0.396 e. The molecule has 0 fully saturated rings. The smallest absolute Gasteiger partial charge is 0.0820 e. The molecular weight excluding hydrogens is 120 g/mol. The predicted octanol–water partition coefficient (Wildman–Crippen LogP) is -0.499. The van der Waals surface area contributed by atoms with Gasteiger partial charge in [-0.15, -0.1) is 0 Å². The molecule has 0 amide bonds. The molecular formula is C6H14O3. The highest BCUT2D eigenvalue weighted by atomic mass is 16.3. The molecule has 0 saturated carbocycles. The van der Waals surface area contributed by atoms with Crippen molar-refractivity contribution in [1.29, 1.82) is 0 Å². The predicted molar refractivity (Wildman–Crippen MR) is 34.0 cm³/mol. The van der Waals surface area contributed by atoms with Crippen molar-refractivity contribution in [3.63, 3.8) is 0 Å². The fourth-order valence-electron chi connectivity index (χ4n) is 0.597. The van der Waals surface area contributed by atoms with Gasteiger partial charge >= 0.3 is 0 Å². The Bertz CT molecular complexity index is 65.3. The van der Waals surface area contributed by atoms with Crippen molar-refractivity contribution in [1.82, 2.24) is 0 Å². The Morgan fingerprint density at radius 3 is 2.11 bits per heavy atom. The summed E-state index contributed by atoms with van der Waals surface area (Å²) in [5, 5.41) is 26.1. The maximum atomic E-state index is 8.91. The summed E-state index contributed by atoms with van der Waals surface area (Å²) in [4.78, 5) is 0. The molecule has 0 aromatic rings.